The van der Waals surface area contributed by atoms with Gasteiger partial charge in [-0.25, -0.2) is 9.69 Å². The topological polar surface area (TPSA) is 110 Å². The van der Waals surface area contributed by atoms with Crippen LogP contribution in [0.1, 0.15) is 50.8 Å². The van der Waals surface area contributed by atoms with Crippen LogP contribution in [-0.2, 0) is 14.3 Å². The number of nitrogens with one attached hydrogen (secondary N) is 1. The lowest BCUT2D eigenvalue weighted by atomic mass is 9.82. The molecule has 1 N–H and O–H groups in total. The number of carbonyl (C=O) groups is 5. The molecule has 3 aromatic carbocycles. The Morgan fingerprint density at radius 1 is 0.900 bits per heavy atom. The maximum atomic E-state index is 13.2. The number of carbonyl (C=O) groups excluding carboxylic acids is 5. The highest BCUT2D eigenvalue weighted by Gasteiger charge is 2.49. The largest absolute Gasteiger partial charge is 0.454 e. The Morgan fingerprint density at radius 3 is 2.27 bits per heavy atom. The molecule has 0 spiro atoms. The summed E-state index contributed by atoms with van der Waals surface area (Å²) in [4.78, 5) is 65.4. The Kier molecular flexibility index (Phi) is 7.75. The van der Waals surface area contributed by atoms with Crippen molar-refractivity contribution in [3.63, 3.8) is 0 Å². The summed E-state index contributed by atoms with van der Waals surface area (Å²) in [6.07, 6.45) is 3.04. The monoisotopic (exact) mass is 600 g/mol. The second kappa shape index (κ2) is 11.4. The van der Waals surface area contributed by atoms with Gasteiger partial charge < -0.3 is 10.1 Å². The number of anilines is 2. The van der Waals surface area contributed by atoms with Gasteiger partial charge in [0, 0.05) is 15.7 Å². The number of halogens is 1. The summed E-state index contributed by atoms with van der Waals surface area (Å²) in [5.74, 6) is -2.91. The van der Waals surface area contributed by atoms with E-state index in [1.165, 1.54) is 24.3 Å². The average molecular weight is 601 g/mol. The molecule has 0 radical (unpaired) electrons. The van der Waals surface area contributed by atoms with E-state index in [4.69, 9.17) is 4.74 Å². The van der Waals surface area contributed by atoms with Crippen molar-refractivity contribution in [2.24, 2.45) is 11.8 Å². The molecule has 0 bridgehead atoms. The molecule has 1 fully saturated rings. The van der Waals surface area contributed by atoms with Crippen LogP contribution >= 0.6 is 15.9 Å². The molecule has 0 aromatic heterocycles. The van der Waals surface area contributed by atoms with Crippen molar-refractivity contribution in [2.75, 3.05) is 16.8 Å². The van der Waals surface area contributed by atoms with E-state index >= 15 is 0 Å². The van der Waals surface area contributed by atoms with E-state index in [1.807, 2.05) is 13.0 Å². The first kappa shape index (κ1) is 27.2. The van der Waals surface area contributed by atoms with Crippen LogP contribution in [0.2, 0.25) is 0 Å². The lowest BCUT2D eigenvalue weighted by Crippen LogP contribution is -2.33. The highest BCUT2D eigenvalue weighted by Crippen LogP contribution is 2.40. The lowest BCUT2D eigenvalue weighted by molar-refractivity contribution is -0.122. The molecular weight excluding hydrogens is 576 g/mol. The minimum Gasteiger partial charge on any atom is -0.454 e. The lowest BCUT2D eigenvalue weighted by Gasteiger charge is -2.19. The van der Waals surface area contributed by atoms with Crippen LogP contribution in [0.4, 0.5) is 11.4 Å². The molecule has 1 aliphatic carbocycles. The zero-order chi connectivity index (χ0) is 28.4. The van der Waals surface area contributed by atoms with Crippen LogP contribution in [0, 0.1) is 11.8 Å². The normalized spacial score (nSPS) is 18.1. The molecule has 40 heavy (non-hydrogen) atoms. The van der Waals surface area contributed by atoms with Gasteiger partial charge in [0.1, 0.15) is 0 Å². The van der Waals surface area contributed by atoms with E-state index in [0.29, 0.717) is 24.1 Å². The Balaban J connectivity index is 1.24. The molecule has 8 nitrogen and oxygen atoms in total. The Labute approximate surface area is 239 Å². The summed E-state index contributed by atoms with van der Waals surface area (Å²) in [6, 6.07) is 19.2. The quantitative estimate of drug-likeness (QED) is 0.164. The highest BCUT2D eigenvalue weighted by atomic mass is 79.9. The van der Waals surface area contributed by atoms with Crippen LogP contribution in [0.15, 0.2) is 88.9 Å². The van der Waals surface area contributed by atoms with E-state index in [0.717, 1.165) is 14.9 Å². The number of ether oxygens (including phenoxy) is 1. The van der Waals surface area contributed by atoms with Gasteiger partial charge in [0.2, 0.25) is 11.8 Å². The second-order valence-corrected chi connectivity index (χ2v) is 10.7. The molecule has 9 heteroatoms. The van der Waals surface area contributed by atoms with E-state index < -0.39 is 30.3 Å². The van der Waals surface area contributed by atoms with Gasteiger partial charge in [0.15, 0.2) is 12.4 Å². The number of amides is 3. The van der Waals surface area contributed by atoms with Crippen LogP contribution in [0.5, 0.6) is 0 Å². The van der Waals surface area contributed by atoms with Crippen LogP contribution in [0.3, 0.4) is 0 Å². The van der Waals surface area contributed by atoms with Crippen LogP contribution in [-0.4, -0.2) is 36.1 Å². The number of benzene rings is 3. The molecule has 1 saturated heterocycles. The molecular formula is C31H25BrN2O6. The zero-order valence-electron chi connectivity index (χ0n) is 21.6. The zero-order valence-corrected chi connectivity index (χ0v) is 23.1. The number of esters is 1. The van der Waals surface area contributed by atoms with Crippen molar-refractivity contribution in [3.8, 4) is 0 Å². The van der Waals surface area contributed by atoms with E-state index in [2.05, 4.69) is 21.2 Å². The summed E-state index contributed by atoms with van der Waals surface area (Å²) < 4.78 is 5.98. The first-order valence-corrected chi connectivity index (χ1v) is 13.5. The van der Waals surface area contributed by atoms with Gasteiger partial charge in [-0.05, 0) is 68.3 Å². The minimum absolute atomic E-state index is 0.183. The molecule has 2 aliphatic rings. The first-order valence-electron chi connectivity index (χ1n) is 12.7. The summed E-state index contributed by atoms with van der Waals surface area (Å²) in [5, 5.41) is 2.76. The van der Waals surface area contributed by atoms with Crippen molar-refractivity contribution < 1.29 is 28.7 Å². The highest BCUT2D eigenvalue weighted by molar-refractivity contribution is 9.10. The number of rotatable bonds is 7. The maximum absolute atomic E-state index is 13.2. The van der Waals surface area contributed by atoms with Crippen molar-refractivity contribution in [3.05, 3.63) is 106 Å². The third-order valence-corrected chi connectivity index (χ3v) is 7.62. The molecule has 0 unspecified atom stereocenters. The molecule has 3 amide bonds. The number of hydrogen-bond donors (Lipinski definition) is 1. The van der Waals surface area contributed by atoms with Gasteiger partial charge in [0.05, 0.1) is 28.7 Å². The van der Waals surface area contributed by atoms with Gasteiger partial charge in [-0.15, -0.1) is 0 Å². The molecule has 2 atom stereocenters. The van der Waals surface area contributed by atoms with Gasteiger partial charge in [-0.3, -0.25) is 19.2 Å². The van der Waals surface area contributed by atoms with Gasteiger partial charge >= 0.3 is 5.97 Å². The van der Waals surface area contributed by atoms with Crippen molar-refractivity contribution in [2.45, 2.75) is 19.8 Å². The number of Topliss-reactive ketones (excluding diaryl/α,β-unsaturated/α-hetero) is 1. The number of allylic oxidation sites excluding steroid dienone is 2. The third-order valence-electron chi connectivity index (χ3n) is 7.09. The predicted octanol–water partition coefficient (Wildman–Crippen LogP) is 5.59. The van der Waals surface area contributed by atoms with Crippen LogP contribution < -0.4 is 10.2 Å². The summed E-state index contributed by atoms with van der Waals surface area (Å²) in [7, 11) is 0. The number of imide groups is 1. The maximum Gasteiger partial charge on any atom is 0.338 e. The molecule has 3 aromatic rings. The second-order valence-electron chi connectivity index (χ2n) is 9.77. The SMILES string of the molecule is CC1=CC[C@H]2C(=O)N(c3ccccc3C(=O)Nc3ccc(C(=O)OCC(=O)c4ccc(Br)cc4)cc3)C(=O)[C@@H]2C1. The number of hydrogen-bond acceptors (Lipinski definition) is 6. The van der Waals surface area contributed by atoms with Gasteiger partial charge in [-0.1, -0.05) is 51.8 Å². The van der Waals surface area contributed by atoms with Gasteiger partial charge in [-0.2, -0.15) is 0 Å². The Hall–Kier alpha value is -4.37. The fourth-order valence-corrected chi connectivity index (χ4v) is 5.22. The number of para-hydroxylation sites is 1. The van der Waals surface area contributed by atoms with Crippen molar-refractivity contribution >= 4 is 56.8 Å². The number of nitrogens with zero attached hydrogens (tertiary/aromatic N) is 1. The Bertz CT molecular complexity index is 1540. The Morgan fingerprint density at radius 2 is 1.55 bits per heavy atom. The standard InChI is InChI=1S/C31H25BrN2O6/c1-18-6-15-23-25(16-18)30(38)34(29(23)37)26-5-3-2-4-24(26)28(36)33-22-13-9-20(10-14-22)31(39)40-17-27(35)19-7-11-21(32)12-8-19/h2-14,23,25H,15-17H2,1H3,(H,33,36)/t23-,25-/m1/s1. The molecule has 5 rings (SSSR count). The summed E-state index contributed by atoms with van der Waals surface area (Å²) >= 11 is 3.30. The van der Waals surface area contributed by atoms with Gasteiger partial charge in [0.25, 0.3) is 5.91 Å². The van der Waals surface area contributed by atoms with Crippen molar-refractivity contribution in [1.29, 1.82) is 0 Å². The molecule has 1 heterocycles. The van der Waals surface area contributed by atoms with E-state index in [9.17, 15) is 24.0 Å². The third kappa shape index (κ3) is 5.51. The van der Waals surface area contributed by atoms with Crippen molar-refractivity contribution in [1.82, 2.24) is 0 Å². The van der Waals surface area contributed by atoms with E-state index in [-0.39, 0.29) is 34.4 Å². The first-order chi connectivity index (χ1) is 19.2. The molecule has 0 saturated carbocycles. The average Bonchev–Trinajstić information content (AvgIpc) is 3.20. The number of ketones is 1. The summed E-state index contributed by atoms with van der Waals surface area (Å²) in [5.41, 5.74) is 2.55. The fourth-order valence-electron chi connectivity index (χ4n) is 4.96. The van der Waals surface area contributed by atoms with Crippen LogP contribution in [0.25, 0.3) is 0 Å². The smallest absolute Gasteiger partial charge is 0.338 e. The predicted molar refractivity (Wildman–Crippen MR) is 152 cm³/mol. The fraction of sp³-hybridized carbons (Fsp3) is 0.194. The minimum atomic E-state index is -0.675. The molecule has 1 aliphatic heterocycles. The summed E-state index contributed by atoms with van der Waals surface area (Å²) in [6.45, 7) is 1.55. The number of fused-ring (bicyclic) bond motifs is 1. The molecule has 202 valence electrons. The van der Waals surface area contributed by atoms with E-state index in [1.54, 1.807) is 48.5 Å².